The third kappa shape index (κ3) is 4.67. The van der Waals surface area contributed by atoms with Crippen LogP contribution < -0.4 is 10.2 Å². The smallest absolute Gasteiger partial charge is 0.279 e. The standard InChI is InChI=1S/C26H28ClN3O3/c1-3-29(21-11-7-8-17(2)16-21)24(31)18-12-14-19(15-13-18)28-23-22(27)25(32)30(26(23)33)20-9-5-4-6-10-20/h7-8,11-16,20,28H,3-6,9-10H2,1-2H3. The van der Waals surface area contributed by atoms with Crippen molar-refractivity contribution in [2.75, 3.05) is 16.8 Å². The highest BCUT2D eigenvalue weighted by molar-refractivity contribution is 6.48. The largest absolute Gasteiger partial charge is 0.350 e. The van der Waals surface area contributed by atoms with Crippen molar-refractivity contribution in [3.63, 3.8) is 0 Å². The Kier molecular flexibility index (Phi) is 6.84. The zero-order valence-electron chi connectivity index (χ0n) is 18.9. The summed E-state index contributed by atoms with van der Waals surface area (Å²) in [5.74, 6) is -0.921. The van der Waals surface area contributed by atoms with E-state index < -0.39 is 5.91 Å². The first-order valence-electron chi connectivity index (χ1n) is 11.4. The van der Waals surface area contributed by atoms with Gasteiger partial charge in [-0.1, -0.05) is 43.0 Å². The molecule has 4 rings (SSSR count). The maximum Gasteiger partial charge on any atom is 0.279 e. The minimum Gasteiger partial charge on any atom is -0.350 e. The number of hydrogen-bond acceptors (Lipinski definition) is 4. The molecule has 0 unspecified atom stereocenters. The van der Waals surface area contributed by atoms with E-state index in [2.05, 4.69) is 5.32 Å². The van der Waals surface area contributed by atoms with Gasteiger partial charge in [-0.2, -0.15) is 0 Å². The SMILES string of the molecule is CCN(C(=O)c1ccc(NC2=C(Cl)C(=O)N(C3CCCCC3)C2=O)cc1)c1cccc(C)c1. The molecule has 172 valence electrons. The Hall–Kier alpha value is -3.12. The molecule has 0 bridgehead atoms. The molecule has 1 fully saturated rings. The predicted molar refractivity (Wildman–Crippen MR) is 130 cm³/mol. The zero-order chi connectivity index (χ0) is 23.5. The number of aryl methyl sites for hydroxylation is 1. The van der Waals surface area contributed by atoms with Crippen molar-refractivity contribution in [1.29, 1.82) is 0 Å². The van der Waals surface area contributed by atoms with E-state index in [-0.39, 0.29) is 28.6 Å². The molecule has 7 heteroatoms. The number of carbonyl (C=O) groups excluding carboxylic acids is 3. The summed E-state index contributed by atoms with van der Waals surface area (Å²) in [6, 6.07) is 14.6. The van der Waals surface area contributed by atoms with E-state index in [9.17, 15) is 14.4 Å². The summed E-state index contributed by atoms with van der Waals surface area (Å²) in [5, 5.41) is 2.92. The van der Waals surface area contributed by atoms with E-state index in [1.54, 1.807) is 29.2 Å². The van der Waals surface area contributed by atoms with Crippen LogP contribution in [0.15, 0.2) is 59.3 Å². The van der Waals surface area contributed by atoms with Crippen LogP contribution in [0.2, 0.25) is 0 Å². The molecule has 0 radical (unpaired) electrons. The van der Waals surface area contributed by atoms with Gasteiger partial charge in [-0.3, -0.25) is 19.3 Å². The summed E-state index contributed by atoms with van der Waals surface area (Å²) in [5.41, 5.74) is 3.15. The molecule has 0 spiro atoms. The summed E-state index contributed by atoms with van der Waals surface area (Å²) in [7, 11) is 0. The highest BCUT2D eigenvalue weighted by Crippen LogP contribution is 2.32. The van der Waals surface area contributed by atoms with Crippen molar-refractivity contribution in [3.8, 4) is 0 Å². The fourth-order valence-electron chi connectivity index (χ4n) is 4.53. The molecule has 2 aliphatic rings. The van der Waals surface area contributed by atoms with Gasteiger partial charge in [0.25, 0.3) is 17.7 Å². The zero-order valence-corrected chi connectivity index (χ0v) is 19.7. The van der Waals surface area contributed by atoms with Crippen LogP contribution in [0, 0.1) is 6.92 Å². The molecule has 3 amide bonds. The molecule has 0 aromatic heterocycles. The number of benzene rings is 2. The van der Waals surface area contributed by atoms with Gasteiger partial charge < -0.3 is 10.2 Å². The van der Waals surface area contributed by atoms with Gasteiger partial charge >= 0.3 is 0 Å². The van der Waals surface area contributed by atoms with Crippen molar-refractivity contribution >= 4 is 40.7 Å². The Labute approximate surface area is 199 Å². The van der Waals surface area contributed by atoms with Crippen molar-refractivity contribution in [2.45, 2.75) is 52.0 Å². The van der Waals surface area contributed by atoms with Crippen LogP contribution in [0.1, 0.15) is 54.9 Å². The Morgan fingerprint density at radius 2 is 1.76 bits per heavy atom. The fraction of sp³-hybridized carbons (Fsp3) is 0.346. The summed E-state index contributed by atoms with van der Waals surface area (Å²) in [4.78, 5) is 41.7. The van der Waals surface area contributed by atoms with E-state index in [0.717, 1.165) is 43.4 Å². The minimum absolute atomic E-state index is 0.0812. The topological polar surface area (TPSA) is 69.7 Å². The number of nitrogens with one attached hydrogen (secondary N) is 1. The lowest BCUT2D eigenvalue weighted by Gasteiger charge is -2.29. The maximum absolute atomic E-state index is 13.1. The first-order chi connectivity index (χ1) is 15.9. The predicted octanol–water partition coefficient (Wildman–Crippen LogP) is 5.23. The Balaban J connectivity index is 1.48. The van der Waals surface area contributed by atoms with E-state index >= 15 is 0 Å². The van der Waals surface area contributed by atoms with Gasteiger partial charge in [-0.25, -0.2) is 0 Å². The molecule has 1 aliphatic carbocycles. The number of carbonyl (C=O) groups is 3. The van der Waals surface area contributed by atoms with E-state index in [1.807, 2.05) is 38.1 Å². The molecule has 1 heterocycles. The number of rotatable bonds is 6. The molecule has 1 saturated carbocycles. The average molecular weight is 466 g/mol. The van der Waals surface area contributed by atoms with E-state index in [0.29, 0.717) is 17.8 Å². The normalized spacial score (nSPS) is 17.0. The second kappa shape index (κ2) is 9.79. The Morgan fingerprint density at radius 3 is 2.39 bits per heavy atom. The van der Waals surface area contributed by atoms with Crippen LogP contribution in [-0.4, -0.2) is 35.2 Å². The first-order valence-corrected chi connectivity index (χ1v) is 11.8. The molecule has 2 aromatic rings. The third-order valence-electron chi connectivity index (χ3n) is 6.27. The van der Waals surface area contributed by atoms with Gasteiger partial charge in [0.15, 0.2) is 0 Å². The van der Waals surface area contributed by atoms with Crippen molar-refractivity contribution < 1.29 is 14.4 Å². The molecule has 1 N–H and O–H groups in total. The van der Waals surface area contributed by atoms with Gasteiger partial charge in [0.1, 0.15) is 10.7 Å². The lowest BCUT2D eigenvalue weighted by molar-refractivity contribution is -0.140. The number of anilines is 2. The molecular formula is C26H28ClN3O3. The summed E-state index contributed by atoms with van der Waals surface area (Å²) in [6.07, 6.45) is 4.79. The highest BCUT2D eigenvalue weighted by atomic mass is 35.5. The second-order valence-corrected chi connectivity index (χ2v) is 8.93. The van der Waals surface area contributed by atoms with Crippen molar-refractivity contribution in [1.82, 2.24) is 4.90 Å². The molecule has 33 heavy (non-hydrogen) atoms. The highest BCUT2D eigenvalue weighted by Gasteiger charge is 2.42. The second-order valence-electron chi connectivity index (χ2n) is 8.55. The molecule has 6 nitrogen and oxygen atoms in total. The summed E-state index contributed by atoms with van der Waals surface area (Å²) in [6.45, 7) is 4.47. The van der Waals surface area contributed by atoms with E-state index in [1.165, 1.54) is 4.90 Å². The van der Waals surface area contributed by atoms with E-state index in [4.69, 9.17) is 11.6 Å². The molecule has 1 aliphatic heterocycles. The van der Waals surface area contributed by atoms with Gasteiger partial charge in [0.2, 0.25) is 0 Å². The molecular weight excluding hydrogens is 438 g/mol. The number of halogens is 1. The lowest BCUT2D eigenvalue weighted by Crippen LogP contribution is -2.42. The van der Waals surface area contributed by atoms with Crippen LogP contribution >= 0.6 is 11.6 Å². The molecule has 0 saturated heterocycles. The number of amides is 3. The minimum atomic E-state index is -0.431. The van der Waals surface area contributed by atoms with Crippen molar-refractivity contribution in [3.05, 3.63) is 70.4 Å². The number of nitrogens with zero attached hydrogens (tertiary/aromatic N) is 2. The third-order valence-corrected chi connectivity index (χ3v) is 6.63. The first kappa shape index (κ1) is 23.1. The lowest BCUT2D eigenvalue weighted by atomic mass is 9.94. The monoisotopic (exact) mass is 465 g/mol. The van der Waals surface area contributed by atoms with Gasteiger partial charge in [-0.15, -0.1) is 0 Å². The van der Waals surface area contributed by atoms with Crippen LogP contribution in [0.5, 0.6) is 0 Å². The van der Waals surface area contributed by atoms with Crippen LogP contribution in [-0.2, 0) is 9.59 Å². The van der Waals surface area contributed by atoms with Gasteiger partial charge in [0, 0.05) is 29.5 Å². The van der Waals surface area contributed by atoms with Crippen LogP contribution in [0.3, 0.4) is 0 Å². The molecule has 0 atom stereocenters. The summed E-state index contributed by atoms with van der Waals surface area (Å²) < 4.78 is 0. The maximum atomic E-state index is 13.1. The van der Waals surface area contributed by atoms with Crippen LogP contribution in [0.25, 0.3) is 0 Å². The van der Waals surface area contributed by atoms with Gasteiger partial charge in [-0.05, 0) is 68.7 Å². The number of hydrogen-bond donors (Lipinski definition) is 1. The van der Waals surface area contributed by atoms with Crippen molar-refractivity contribution in [2.24, 2.45) is 0 Å². The summed E-state index contributed by atoms with van der Waals surface area (Å²) >= 11 is 6.25. The quantitative estimate of drug-likeness (QED) is 0.593. The Bertz CT molecular complexity index is 1100. The fourth-order valence-corrected chi connectivity index (χ4v) is 4.75. The van der Waals surface area contributed by atoms with Gasteiger partial charge in [0.05, 0.1) is 0 Å². The Morgan fingerprint density at radius 1 is 1.06 bits per heavy atom. The number of imide groups is 1. The molecule has 2 aromatic carbocycles. The van der Waals surface area contributed by atoms with Crippen LogP contribution in [0.4, 0.5) is 11.4 Å². The average Bonchev–Trinajstić information content (AvgIpc) is 3.03.